The Bertz CT molecular complexity index is 541. The van der Waals surface area contributed by atoms with Crippen molar-refractivity contribution >= 4 is 10.0 Å². The average Bonchev–Trinajstić information content (AvgIpc) is 2.39. The summed E-state index contributed by atoms with van der Waals surface area (Å²) in [4.78, 5) is -0.415. The highest BCUT2D eigenvalue weighted by Crippen LogP contribution is 2.19. The minimum absolute atomic E-state index is 0.203. The zero-order valence-corrected chi connectivity index (χ0v) is 12.9. The Labute approximate surface area is 120 Å². The van der Waals surface area contributed by atoms with Gasteiger partial charge in [0, 0.05) is 6.04 Å². The molecule has 20 heavy (non-hydrogen) atoms. The Hall–Kier alpha value is -0.980. The average molecular weight is 303 g/mol. The van der Waals surface area contributed by atoms with E-state index >= 15 is 0 Å². The Morgan fingerprint density at radius 1 is 1.30 bits per heavy atom. The topological polar surface area (TPSA) is 66.4 Å². The van der Waals surface area contributed by atoms with E-state index in [1.807, 2.05) is 13.8 Å². The third-order valence-electron chi connectivity index (χ3n) is 3.56. The van der Waals surface area contributed by atoms with Crippen molar-refractivity contribution in [3.8, 4) is 0 Å². The zero-order chi connectivity index (χ0) is 15.3. The molecule has 1 aromatic rings. The van der Waals surface area contributed by atoms with Gasteiger partial charge in [-0.3, -0.25) is 0 Å². The van der Waals surface area contributed by atoms with E-state index < -0.39 is 20.7 Å². The van der Waals surface area contributed by atoms with Gasteiger partial charge in [0.15, 0.2) is 0 Å². The second-order valence-corrected chi connectivity index (χ2v) is 6.59. The Balaban J connectivity index is 3.05. The Morgan fingerprint density at radius 3 is 2.40 bits per heavy atom. The third-order valence-corrected chi connectivity index (χ3v) is 5.14. The molecule has 4 nitrogen and oxygen atoms in total. The van der Waals surface area contributed by atoms with Crippen molar-refractivity contribution in [3.63, 3.8) is 0 Å². The van der Waals surface area contributed by atoms with Crippen LogP contribution in [0, 0.1) is 11.7 Å². The summed E-state index contributed by atoms with van der Waals surface area (Å²) in [5.41, 5.74) is 0.363. The largest absolute Gasteiger partial charge is 0.392 e. The van der Waals surface area contributed by atoms with Gasteiger partial charge in [0.05, 0.1) is 6.61 Å². The Kier molecular flexibility index (Phi) is 6.10. The molecule has 0 saturated heterocycles. The maximum absolute atomic E-state index is 13.7. The molecule has 1 aromatic carbocycles. The van der Waals surface area contributed by atoms with Crippen LogP contribution in [0.3, 0.4) is 0 Å². The minimum Gasteiger partial charge on any atom is -0.392 e. The van der Waals surface area contributed by atoms with Crippen LogP contribution >= 0.6 is 0 Å². The van der Waals surface area contributed by atoms with Gasteiger partial charge in [0.1, 0.15) is 10.7 Å². The molecule has 0 saturated carbocycles. The molecular formula is C14H22FNO3S. The predicted molar refractivity (Wildman–Crippen MR) is 76.2 cm³/mol. The summed E-state index contributed by atoms with van der Waals surface area (Å²) >= 11 is 0. The highest BCUT2D eigenvalue weighted by Gasteiger charge is 2.24. The van der Waals surface area contributed by atoms with Crippen molar-refractivity contribution in [1.82, 2.24) is 4.72 Å². The fourth-order valence-corrected chi connectivity index (χ4v) is 3.69. The quantitative estimate of drug-likeness (QED) is 0.813. The fourth-order valence-electron chi connectivity index (χ4n) is 2.25. The molecule has 114 valence electrons. The molecule has 0 fully saturated rings. The summed E-state index contributed by atoms with van der Waals surface area (Å²) in [5.74, 6) is -0.611. The van der Waals surface area contributed by atoms with E-state index in [9.17, 15) is 12.8 Å². The summed E-state index contributed by atoms with van der Waals surface area (Å²) in [6.45, 7) is 5.44. The predicted octanol–water partition coefficient (Wildman–Crippen LogP) is 2.42. The van der Waals surface area contributed by atoms with Crippen LogP contribution in [0.25, 0.3) is 0 Å². The van der Waals surface area contributed by atoms with Gasteiger partial charge in [-0.15, -0.1) is 0 Å². The molecule has 0 aliphatic carbocycles. The van der Waals surface area contributed by atoms with Crippen LogP contribution in [0.1, 0.15) is 39.2 Å². The first-order valence-corrected chi connectivity index (χ1v) is 8.25. The summed E-state index contributed by atoms with van der Waals surface area (Å²) < 4.78 is 40.7. The standard InChI is InChI=1S/C14H22FNO3S/c1-4-12(5-2)10(3)16-20(18,19)14-8-11(9-17)6-7-13(14)15/h6-8,10,12,16-17H,4-5,9H2,1-3H3. The number of sulfonamides is 1. The van der Waals surface area contributed by atoms with Gasteiger partial charge in [-0.2, -0.15) is 0 Å². The molecule has 0 heterocycles. The van der Waals surface area contributed by atoms with Crippen molar-refractivity contribution in [2.45, 2.75) is 51.2 Å². The van der Waals surface area contributed by atoms with E-state index in [1.165, 1.54) is 6.07 Å². The van der Waals surface area contributed by atoms with E-state index in [0.29, 0.717) is 5.56 Å². The molecular weight excluding hydrogens is 281 g/mol. The van der Waals surface area contributed by atoms with Crippen LogP contribution in [0.5, 0.6) is 0 Å². The van der Waals surface area contributed by atoms with E-state index in [4.69, 9.17) is 5.11 Å². The van der Waals surface area contributed by atoms with Gasteiger partial charge in [0.2, 0.25) is 10.0 Å². The van der Waals surface area contributed by atoms with Crippen molar-refractivity contribution in [2.75, 3.05) is 0 Å². The molecule has 6 heteroatoms. The van der Waals surface area contributed by atoms with Gasteiger partial charge < -0.3 is 5.11 Å². The van der Waals surface area contributed by atoms with Crippen LogP contribution in [-0.2, 0) is 16.6 Å². The molecule has 1 atom stereocenters. The minimum atomic E-state index is -3.92. The van der Waals surface area contributed by atoms with Crippen molar-refractivity contribution in [1.29, 1.82) is 0 Å². The van der Waals surface area contributed by atoms with E-state index in [1.54, 1.807) is 6.92 Å². The van der Waals surface area contributed by atoms with Crippen LogP contribution in [0.15, 0.2) is 23.1 Å². The molecule has 0 aliphatic rings. The molecule has 0 bridgehead atoms. The number of hydrogen-bond donors (Lipinski definition) is 2. The number of hydrogen-bond acceptors (Lipinski definition) is 3. The van der Waals surface area contributed by atoms with Gasteiger partial charge in [-0.05, 0) is 30.5 Å². The summed E-state index contributed by atoms with van der Waals surface area (Å²) in [5, 5.41) is 9.03. The maximum Gasteiger partial charge on any atom is 0.243 e. The normalized spacial score (nSPS) is 13.7. The van der Waals surface area contributed by atoms with Gasteiger partial charge >= 0.3 is 0 Å². The smallest absolute Gasteiger partial charge is 0.243 e. The van der Waals surface area contributed by atoms with Gasteiger partial charge in [-0.25, -0.2) is 17.5 Å². The van der Waals surface area contributed by atoms with Crippen molar-refractivity contribution in [3.05, 3.63) is 29.6 Å². The van der Waals surface area contributed by atoms with E-state index in [-0.39, 0.29) is 18.6 Å². The molecule has 0 radical (unpaired) electrons. The van der Waals surface area contributed by atoms with Crippen LogP contribution < -0.4 is 4.72 Å². The molecule has 1 rings (SSSR count). The highest BCUT2D eigenvalue weighted by atomic mass is 32.2. The number of benzene rings is 1. The fraction of sp³-hybridized carbons (Fsp3) is 0.571. The number of halogens is 1. The summed E-state index contributed by atoms with van der Waals surface area (Å²) in [6.07, 6.45) is 1.69. The lowest BCUT2D eigenvalue weighted by Crippen LogP contribution is -2.38. The van der Waals surface area contributed by atoms with Crippen LogP contribution in [0.2, 0.25) is 0 Å². The van der Waals surface area contributed by atoms with Crippen LogP contribution in [0.4, 0.5) is 4.39 Å². The van der Waals surface area contributed by atoms with E-state index in [0.717, 1.165) is 25.0 Å². The summed E-state index contributed by atoms with van der Waals surface area (Å²) in [6, 6.07) is 3.31. The number of aliphatic hydroxyl groups excluding tert-OH is 1. The lowest BCUT2D eigenvalue weighted by molar-refractivity contribution is 0.281. The first kappa shape index (κ1) is 17.1. The second kappa shape index (κ2) is 7.15. The summed E-state index contributed by atoms with van der Waals surface area (Å²) in [7, 11) is -3.92. The molecule has 0 aromatic heterocycles. The second-order valence-electron chi connectivity index (χ2n) is 4.91. The molecule has 0 amide bonds. The third kappa shape index (κ3) is 4.01. The molecule has 0 aliphatic heterocycles. The van der Waals surface area contributed by atoms with Gasteiger partial charge in [-0.1, -0.05) is 32.8 Å². The zero-order valence-electron chi connectivity index (χ0n) is 12.1. The van der Waals surface area contributed by atoms with Crippen molar-refractivity contribution in [2.24, 2.45) is 5.92 Å². The lowest BCUT2D eigenvalue weighted by Gasteiger charge is -2.22. The van der Waals surface area contributed by atoms with Crippen molar-refractivity contribution < 1.29 is 17.9 Å². The highest BCUT2D eigenvalue weighted by molar-refractivity contribution is 7.89. The first-order valence-electron chi connectivity index (χ1n) is 6.77. The van der Waals surface area contributed by atoms with Gasteiger partial charge in [0.25, 0.3) is 0 Å². The van der Waals surface area contributed by atoms with Crippen LogP contribution in [-0.4, -0.2) is 19.6 Å². The monoisotopic (exact) mass is 303 g/mol. The maximum atomic E-state index is 13.7. The number of nitrogens with one attached hydrogen (secondary N) is 1. The first-order chi connectivity index (χ1) is 9.35. The van der Waals surface area contributed by atoms with E-state index in [2.05, 4.69) is 4.72 Å². The number of rotatable bonds is 7. The Morgan fingerprint density at radius 2 is 1.90 bits per heavy atom. The molecule has 0 spiro atoms. The molecule has 2 N–H and O–H groups in total. The lowest BCUT2D eigenvalue weighted by atomic mass is 9.96. The molecule has 1 unspecified atom stereocenters. The SMILES string of the molecule is CCC(CC)C(C)NS(=O)(=O)c1cc(CO)ccc1F. The number of aliphatic hydroxyl groups is 1.